The molecular formula is C16H15N3OS. The van der Waals surface area contributed by atoms with E-state index in [-0.39, 0.29) is 0 Å². The molecule has 0 bridgehead atoms. The summed E-state index contributed by atoms with van der Waals surface area (Å²) in [5.74, 6) is 0.780. The van der Waals surface area contributed by atoms with Gasteiger partial charge in [-0.2, -0.15) is 0 Å². The molecule has 4 rings (SSSR count). The molecule has 0 spiro atoms. The highest BCUT2D eigenvalue weighted by Crippen LogP contribution is 2.40. The van der Waals surface area contributed by atoms with Crippen LogP contribution in [0.2, 0.25) is 0 Å². The van der Waals surface area contributed by atoms with Gasteiger partial charge in [0.2, 0.25) is 0 Å². The SMILES string of the molecule is Cc1csc(-c2nc3n(c2-c2ccncc2)CCC3O)c1. The molecule has 5 heteroatoms. The molecule has 0 aromatic carbocycles. The lowest BCUT2D eigenvalue weighted by Gasteiger charge is -2.06. The minimum atomic E-state index is -0.458. The van der Waals surface area contributed by atoms with E-state index in [1.54, 1.807) is 23.7 Å². The Morgan fingerprint density at radius 2 is 2.14 bits per heavy atom. The third-order valence-electron chi connectivity index (χ3n) is 3.84. The second kappa shape index (κ2) is 4.79. The molecule has 1 aliphatic heterocycles. The van der Waals surface area contributed by atoms with Crippen molar-refractivity contribution in [1.82, 2.24) is 14.5 Å². The summed E-state index contributed by atoms with van der Waals surface area (Å²) in [5, 5.41) is 12.3. The van der Waals surface area contributed by atoms with E-state index in [4.69, 9.17) is 4.98 Å². The fourth-order valence-electron chi connectivity index (χ4n) is 2.86. The van der Waals surface area contributed by atoms with E-state index in [9.17, 15) is 5.11 Å². The molecule has 0 aliphatic carbocycles. The fraction of sp³-hybridized carbons (Fsp3) is 0.250. The number of hydrogen-bond donors (Lipinski definition) is 1. The van der Waals surface area contributed by atoms with Gasteiger partial charge in [-0.15, -0.1) is 11.3 Å². The molecule has 0 radical (unpaired) electrons. The first-order valence-electron chi connectivity index (χ1n) is 6.98. The maximum Gasteiger partial charge on any atom is 0.139 e. The van der Waals surface area contributed by atoms with Gasteiger partial charge >= 0.3 is 0 Å². The Bertz CT molecular complexity index is 791. The number of aliphatic hydroxyl groups is 1. The number of aromatic nitrogens is 3. The number of aliphatic hydroxyl groups excluding tert-OH is 1. The van der Waals surface area contributed by atoms with Gasteiger partial charge in [-0.3, -0.25) is 4.98 Å². The lowest BCUT2D eigenvalue weighted by Crippen LogP contribution is -1.96. The second-order valence-electron chi connectivity index (χ2n) is 5.35. The van der Waals surface area contributed by atoms with Gasteiger partial charge in [0.25, 0.3) is 0 Å². The number of imidazole rings is 1. The summed E-state index contributed by atoms with van der Waals surface area (Å²) in [6, 6.07) is 6.15. The Balaban J connectivity index is 1.97. The Morgan fingerprint density at radius 3 is 2.86 bits per heavy atom. The molecular weight excluding hydrogens is 282 g/mol. The molecule has 0 amide bonds. The molecule has 0 fully saturated rings. The van der Waals surface area contributed by atoms with Crippen molar-refractivity contribution in [2.45, 2.75) is 26.0 Å². The Morgan fingerprint density at radius 1 is 1.33 bits per heavy atom. The van der Waals surface area contributed by atoms with E-state index in [2.05, 4.69) is 27.9 Å². The van der Waals surface area contributed by atoms with E-state index in [0.717, 1.165) is 40.6 Å². The van der Waals surface area contributed by atoms with E-state index in [0.29, 0.717) is 0 Å². The zero-order chi connectivity index (χ0) is 14.4. The number of pyridine rings is 1. The van der Waals surface area contributed by atoms with Crippen molar-refractivity contribution in [3.05, 3.63) is 47.4 Å². The summed E-state index contributed by atoms with van der Waals surface area (Å²) in [4.78, 5) is 9.98. The van der Waals surface area contributed by atoms with Crippen molar-refractivity contribution >= 4 is 11.3 Å². The quantitative estimate of drug-likeness (QED) is 0.788. The van der Waals surface area contributed by atoms with Crippen molar-refractivity contribution in [3.8, 4) is 21.8 Å². The van der Waals surface area contributed by atoms with Gasteiger partial charge in [0.1, 0.15) is 17.6 Å². The summed E-state index contributed by atoms with van der Waals surface area (Å²) < 4.78 is 2.14. The number of hydrogen-bond acceptors (Lipinski definition) is 4. The van der Waals surface area contributed by atoms with Crippen molar-refractivity contribution in [2.24, 2.45) is 0 Å². The first-order chi connectivity index (χ1) is 10.2. The average molecular weight is 297 g/mol. The van der Waals surface area contributed by atoms with Crippen LogP contribution in [-0.4, -0.2) is 19.6 Å². The first-order valence-corrected chi connectivity index (χ1v) is 7.86. The van der Waals surface area contributed by atoms with Gasteiger partial charge < -0.3 is 9.67 Å². The average Bonchev–Trinajstić information content (AvgIpc) is 3.16. The molecule has 1 atom stereocenters. The van der Waals surface area contributed by atoms with Crippen molar-refractivity contribution in [3.63, 3.8) is 0 Å². The van der Waals surface area contributed by atoms with Crippen molar-refractivity contribution in [2.75, 3.05) is 0 Å². The van der Waals surface area contributed by atoms with Gasteiger partial charge in [0.05, 0.1) is 10.6 Å². The molecule has 1 aliphatic rings. The minimum Gasteiger partial charge on any atom is -0.385 e. The molecule has 4 nitrogen and oxygen atoms in total. The van der Waals surface area contributed by atoms with E-state index in [1.165, 1.54) is 5.56 Å². The highest BCUT2D eigenvalue weighted by atomic mass is 32.1. The van der Waals surface area contributed by atoms with Crippen LogP contribution in [0.25, 0.3) is 21.8 Å². The number of fused-ring (bicyclic) bond motifs is 1. The highest BCUT2D eigenvalue weighted by Gasteiger charge is 2.29. The van der Waals surface area contributed by atoms with E-state index < -0.39 is 6.10 Å². The Kier molecular flexibility index (Phi) is 2.90. The van der Waals surface area contributed by atoms with Crippen LogP contribution in [-0.2, 0) is 6.54 Å². The molecule has 0 saturated heterocycles. The molecule has 3 aromatic rings. The van der Waals surface area contributed by atoms with Crippen LogP contribution in [0.1, 0.15) is 23.9 Å². The van der Waals surface area contributed by atoms with Gasteiger partial charge in [-0.1, -0.05) is 0 Å². The molecule has 1 unspecified atom stereocenters. The maximum absolute atomic E-state index is 10.1. The lowest BCUT2D eigenvalue weighted by molar-refractivity contribution is 0.176. The van der Waals surface area contributed by atoms with Crippen molar-refractivity contribution in [1.29, 1.82) is 0 Å². The van der Waals surface area contributed by atoms with Crippen molar-refractivity contribution < 1.29 is 5.11 Å². The molecule has 0 saturated carbocycles. The number of aryl methyl sites for hydroxylation is 1. The number of rotatable bonds is 2. The van der Waals surface area contributed by atoms with Crippen LogP contribution in [0, 0.1) is 6.92 Å². The Hall–Kier alpha value is -1.98. The zero-order valence-electron chi connectivity index (χ0n) is 11.7. The molecule has 3 aromatic heterocycles. The summed E-state index contributed by atoms with van der Waals surface area (Å²) >= 11 is 1.70. The second-order valence-corrected chi connectivity index (χ2v) is 6.26. The standard InChI is InChI=1S/C16H15N3OS/c1-10-8-13(21-9-10)14-15(11-2-5-17-6-3-11)19-7-4-12(20)16(19)18-14/h2-3,5-6,8-9,12,20H,4,7H2,1H3. The summed E-state index contributed by atoms with van der Waals surface area (Å²) in [6.45, 7) is 2.90. The van der Waals surface area contributed by atoms with Crippen LogP contribution >= 0.6 is 11.3 Å². The summed E-state index contributed by atoms with van der Waals surface area (Å²) in [5.41, 5.74) is 4.39. The van der Waals surface area contributed by atoms with Gasteiger partial charge in [0, 0.05) is 24.5 Å². The smallest absolute Gasteiger partial charge is 0.139 e. The van der Waals surface area contributed by atoms with Crippen LogP contribution < -0.4 is 0 Å². The van der Waals surface area contributed by atoms with Crippen LogP contribution in [0.5, 0.6) is 0 Å². The maximum atomic E-state index is 10.1. The summed E-state index contributed by atoms with van der Waals surface area (Å²) in [6.07, 6.45) is 3.87. The fourth-order valence-corrected chi connectivity index (χ4v) is 3.75. The van der Waals surface area contributed by atoms with Gasteiger partial charge in [-0.05, 0) is 42.5 Å². The zero-order valence-corrected chi connectivity index (χ0v) is 12.5. The molecule has 4 heterocycles. The van der Waals surface area contributed by atoms with Crippen LogP contribution in [0.4, 0.5) is 0 Å². The predicted molar refractivity (Wildman–Crippen MR) is 83.1 cm³/mol. The topological polar surface area (TPSA) is 50.9 Å². The van der Waals surface area contributed by atoms with Crippen LogP contribution in [0.3, 0.4) is 0 Å². The Labute approximate surface area is 126 Å². The number of thiophene rings is 1. The largest absolute Gasteiger partial charge is 0.385 e. The number of nitrogens with zero attached hydrogens (tertiary/aromatic N) is 3. The molecule has 21 heavy (non-hydrogen) atoms. The van der Waals surface area contributed by atoms with E-state index >= 15 is 0 Å². The van der Waals surface area contributed by atoms with Crippen LogP contribution in [0.15, 0.2) is 36.0 Å². The minimum absolute atomic E-state index is 0.458. The third kappa shape index (κ3) is 2.01. The molecule has 1 N–H and O–H groups in total. The van der Waals surface area contributed by atoms with Gasteiger partial charge in [0.15, 0.2) is 0 Å². The summed E-state index contributed by atoms with van der Waals surface area (Å²) in [7, 11) is 0. The third-order valence-corrected chi connectivity index (χ3v) is 4.89. The highest BCUT2D eigenvalue weighted by molar-refractivity contribution is 7.13. The monoisotopic (exact) mass is 297 g/mol. The lowest BCUT2D eigenvalue weighted by atomic mass is 10.1. The first kappa shape index (κ1) is 12.7. The van der Waals surface area contributed by atoms with E-state index in [1.807, 2.05) is 12.1 Å². The molecule has 106 valence electrons. The van der Waals surface area contributed by atoms with Gasteiger partial charge in [-0.25, -0.2) is 4.98 Å². The predicted octanol–water partition coefficient (Wildman–Crippen LogP) is 3.42. The normalized spacial score (nSPS) is 17.1.